The number of benzene rings is 1. The fraction of sp³-hybridized carbons (Fsp3) is 0.450. The molecule has 0 aliphatic carbocycles. The van der Waals surface area contributed by atoms with E-state index in [1.807, 2.05) is 26.0 Å². The van der Waals surface area contributed by atoms with Crippen molar-refractivity contribution in [3.63, 3.8) is 0 Å². The highest BCUT2D eigenvalue weighted by Gasteiger charge is 2.41. The first-order valence-electron chi connectivity index (χ1n) is 9.81. The lowest BCUT2D eigenvalue weighted by Crippen LogP contribution is -2.38. The monoisotopic (exact) mass is 525 g/mol. The summed E-state index contributed by atoms with van der Waals surface area (Å²) in [5, 5.41) is 1.61. The zero-order valence-electron chi connectivity index (χ0n) is 16.9. The van der Waals surface area contributed by atoms with Gasteiger partial charge in [0, 0.05) is 28.2 Å². The van der Waals surface area contributed by atoms with E-state index in [2.05, 4.69) is 19.9 Å². The first-order valence-corrected chi connectivity index (χ1v) is 11.3. The van der Waals surface area contributed by atoms with E-state index in [9.17, 15) is 13.2 Å². The predicted octanol–water partition coefficient (Wildman–Crippen LogP) is 7.00. The van der Waals surface area contributed by atoms with Crippen molar-refractivity contribution in [3.05, 3.63) is 46.1 Å². The van der Waals surface area contributed by atoms with Crippen molar-refractivity contribution in [3.8, 4) is 0 Å². The fourth-order valence-corrected chi connectivity index (χ4v) is 4.44. The quantitative estimate of drug-likeness (QED) is 0.373. The molecular formula is C20H18Cl4F3N5. The second-order valence-corrected chi connectivity index (χ2v) is 10.8. The van der Waals surface area contributed by atoms with Crippen LogP contribution < -0.4 is 4.90 Å². The SMILES string of the molecule is CC(C)C[C@H]1c2[nH]c3ccc(Cl)cc3c2CCN1c1nc(C(F)(F)F)nc(C(Cl)(Cl)Cl)n1. The molecule has 172 valence electrons. The smallest absolute Gasteiger partial charge is 0.356 e. The topological polar surface area (TPSA) is 57.7 Å². The van der Waals surface area contributed by atoms with Crippen LogP contribution in [0.3, 0.4) is 0 Å². The Morgan fingerprint density at radius 2 is 1.81 bits per heavy atom. The average molecular weight is 527 g/mol. The number of anilines is 1. The molecule has 1 aliphatic rings. The molecule has 4 rings (SSSR count). The predicted molar refractivity (Wildman–Crippen MR) is 121 cm³/mol. The average Bonchev–Trinajstić information content (AvgIpc) is 3.04. The van der Waals surface area contributed by atoms with E-state index in [1.54, 1.807) is 11.0 Å². The molecule has 0 bridgehead atoms. The standard InChI is InChI=1S/C20H18Cl4F3N5/c1-9(2)7-14-15-11(12-8-10(21)3-4-13(12)28-15)5-6-32(14)18-30-16(19(22,23)24)29-17(31-18)20(25,26)27/h3-4,8-9,14,28H,5-7H2,1-2H3/t14-/m0/s1. The molecule has 2 aromatic heterocycles. The summed E-state index contributed by atoms with van der Waals surface area (Å²) in [4.78, 5) is 16.3. The van der Waals surface area contributed by atoms with Crippen molar-refractivity contribution in [1.29, 1.82) is 0 Å². The van der Waals surface area contributed by atoms with Gasteiger partial charge < -0.3 is 9.88 Å². The number of nitrogens with one attached hydrogen (secondary N) is 1. The van der Waals surface area contributed by atoms with E-state index in [0.717, 1.165) is 22.2 Å². The Hall–Kier alpha value is -1.48. The summed E-state index contributed by atoms with van der Waals surface area (Å²) in [6.45, 7) is 4.45. The lowest BCUT2D eigenvalue weighted by Gasteiger charge is -2.37. The highest BCUT2D eigenvalue weighted by molar-refractivity contribution is 6.66. The van der Waals surface area contributed by atoms with Gasteiger partial charge in [0.15, 0.2) is 5.82 Å². The minimum Gasteiger partial charge on any atom is -0.356 e. The number of aromatic amines is 1. The molecular weight excluding hydrogens is 509 g/mol. The second-order valence-electron chi connectivity index (χ2n) is 8.07. The van der Waals surface area contributed by atoms with Crippen LogP contribution in [0.2, 0.25) is 5.02 Å². The largest absolute Gasteiger partial charge is 0.451 e. The van der Waals surface area contributed by atoms with Gasteiger partial charge in [0.2, 0.25) is 15.6 Å². The number of hydrogen-bond acceptors (Lipinski definition) is 4. The van der Waals surface area contributed by atoms with Gasteiger partial charge in [0.25, 0.3) is 0 Å². The summed E-state index contributed by atoms with van der Waals surface area (Å²) in [6, 6.07) is 5.26. The molecule has 0 unspecified atom stereocenters. The highest BCUT2D eigenvalue weighted by atomic mass is 35.6. The third kappa shape index (κ3) is 4.60. The lowest BCUT2D eigenvalue weighted by molar-refractivity contribution is -0.145. The van der Waals surface area contributed by atoms with Crippen LogP contribution in [0.25, 0.3) is 10.9 Å². The third-order valence-electron chi connectivity index (χ3n) is 5.30. The molecule has 0 saturated heterocycles. The van der Waals surface area contributed by atoms with Crippen molar-refractivity contribution in [2.24, 2.45) is 5.92 Å². The molecule has 5 nitrogen and oxygen atoms in total. The van der Waals surface area contributed by atoms with E-state index >= 15 is 0 Å². The lowest BCUT2D eigenvalue weighted by atomic mass is 9.92. The molecule has 3 heterocycles. The Morgan fingerprint density at radius 1 is 1.12 bits per heavy atom. The van der Waals surface area contributed by atoms with Gasteiger partial charge in [0.1, 0.15) is 0 Å². The number of halogens is 7. The van der Waals surface area contributed by atoms with Crippen LogP contribution in [0.5, 0.6) is 0 Å². The Bertz CT molecular complexity index is 1120. The van der Waals surface area contributed by atoms with Gasteiger partial charge >= 0.3 is 6.18 Å². The van der Waals surface area contributed by atoms with Crippen LogP contribution in [0.4, 0.5) is 19.1 Å². The van der Waals surface area contributed by atoms with E-state index in [-0.39, 0.29) is 17.9 Å². The molecule has 0 fully saturated rings. The molecule has 3 aromatic rings. The van der Waals surface area contributed by atoms with Gasteiger partial charge in [-0.2, -0.15) is 23.1 Å². The van der Waals surface area contributed by atoms with Gasteiger partial charge in [-0.25, -0.2) is 4.98 Å². The molecule has 0 amide bonds. The van der Waals surface area contributed by atoms with E-state index in [0.29, 0.717) is 24.4 Å². The molecule has 1 aliphatic heterocycles. The number of alkyl halides is 6. The van der Waals surface area contributed by atoms with Crippen molar-refractivity contribution in [1.82, 2.24) is 19.9 Å². The molecule has 32 heavy (non-hydrogen) atoms. The first-order chi connectivity index (χ1) is 14.8. The van der Waals surface area contributed by atoms with Gasteiger partial charge in [-0.15, -0.1) is 0 Å². The van der Waals surface area contributed by atoms with Crippen LogP contribution >= 0.6 is 46.4 Å². The zero-order valence-corrected chi connectivity index (χ0v) is 20.0. The molecule has 12 heteroatoms. The van der Waals surface area contributed by atoms with Crippen LogP contribution in [-0.2, 0) is 16.4 Å². The van der Waals surface area contributed by atoms with Crippen LogP contribution in [0.1, 0.15) is 49.2 Å². The Morgan fingerprint density at radius 3 is 2.44 bits per heavy atom. The summed E-state index contributed by atoms with van der Waals surface area (Å²) in [7, 11) is 0. The van der Waals surface area contributed by atoms with E-state index < -0.39 is 21.6 Å². The fourth-order valence-electron chi connectivity index (χ4n) is 4.02. The highest BCUT2D eigenvalue weighted by Crippen LogP contribution is 2.42. The minimum atomic E-state index is -4.82. The van der Waals surface area contributed by atoms with Gasteiger partial charge in [-0.1, -0.05) is 60.3 Å². The maximum Gasteiger partial charge on any atom is 0.451 e. The van der Waals surface area contributed by atoms with Gasteiger partial charge in [-0.05, 0) is 42.5 Å². The Labute approximate surface area is 202 Å². The molecule has 1 aromatic carbocycles. The van der Waals surface area contributed by atoms with Crippen molar-refractivity contribution in [2.45, 2.75) is 42.7 Å². The van der Waals surface area contributed by atoms with Gasteiger partial charge in [-0.3, -0.25) is 0 Å². The van der Waals surface area contributed by atoms with Crippen LogP contribution in [0, 0.1) is 5.92 Å². The number of nitrogens with zero attached hydrogens (tertiary/aromatic N) is 4. The van der Waals surface area contributed by atoms with Crippen molar-refractivity contribution >= 4 is 63.3 Å². The molecule has 0 radical (unpaired) electrons. The Kier molecular flexibility index (Phi) is 6.20. The summed E-state index contributed by atoms with van der Waals surface area (Å²) in [5.41, 5.74) is 2.88. The number of H-pyrrole nitrogens is 1. The maximum absolute atomic E-state index is 13.5. The molecule has 0 saturated carbocycles. The van der Waals surface area contributed by atoms with Crippen molar-refractivity contribution < 1.29 is 13.2 Å². The minimum absolute atomic E-state index is 0.179. The summed E-state index contributed by atoms with van der Waals surface area (Å²) >= 11 is 23.7. The normalized spacial score (nSPS) is 17.3. The van der Waals surface area contributed by atoms with Crippen LogP contribution in [0.15, 0.2) is 18.2 Å². The second kappa shape index (κ2) is 8.38. The molecule has 0 spiro atoms. The summed E-state index contributed by atoms with van der Waals surface area (Å²) in [5.74, 6) is -1.92. The van der Waals surface area contributed by atoms with E-state index in [1.165, 1.54) is 0 Å². The van der Waals surface area contributed by atoms with Crippen molar-refractivity contribution in [2.75, 3.05) is 11.4 Å². The maximum atomic E-state index is 13.5. The molecule has 1 N–H and O–H groups in total. The number of hydrogen-bond donors (Lipinski definition) is 1. The van der Waals surface area contributed by atoms with Crippen LogP contribution in [-0.4, -0.2) is 26.5 Å². The molecule has 1 atom stereocenters. The number of rotatable bonds is 3. The summed E-state index contributed by atoms with van der Waals surface area (Å²) < 4.78 is 38.3. The third-order valence-corrected chi connectivity index (χ3v) is 6.04. The van der Waals surface area contributed by atoms with E-state index in [4.69, 9.17) is 46.4 Å². The summed E-state index contributed by atoms with van der Waals surface area (Å²) in [6.07, 6.45) is -3.63. The number of aromatic nitrogens is 4. The Balaban J connectivity index is 1.87. The number of fused-ring (bicyclic) bond motifs is 3. The first kappa shape index (κ1) is 23.7. The van der Waals surface area contributed by atoms with Gasteiger partial charge in [0.05, 0.1) is 6.04 Å². The zero-order chi connectivity index (χ0) is 23.4.